The number of halogens is 1. The molecule has 2 N–H and O–H groups in total. The van der Waals surface area contributed by atoms with Crippen molar-refractivity contribution in [3.8, 4) is 0 Å². The Morgan fingerprint density at radius 1 is 1.21 bits per heavy atom. The molecule has 1 aromatic carbocycles. The molecule has 126 valence electrons. The molecule has 1 saturated heterocycles. The number of hydrogen-bond donors (Lipinski definition) is 2. The van der Waals surface area contributed by atoms with Crippen LogP contribution in [0.2, 0.25) is 0 Å². The van der Waals surface area contributed by atoms with Crippen molar-refractivity contribution in [2.45, 2.75) is 13.0 Å². The van der Waals surface area contributed by atoms with Crippen LogP contribution in [0.4, 0.5) is 16.0 Å². The highest BCUT2D eigenvalue weighted by Crippen LogP contribution is 2.08. The van der Waals surface area contributed by atoms with E-state index in [2.05, 4.69) is 20.2 Å². The van der Waals surface area contributed by atoms with Crippen molar-refractivity contribution in [2.24, 2.45) is 0 Å². The van der Waals surface area contributed by atoms with Gasteiger partial charge < -0.3 is 15.1 Å². The van der Waals surface area contributed by atoms with Crippen molar-refractivity contribution in [1.82, 2.24) is 9.97 Å². The summed E-state index contributed by atoms with van der Waals surface area (Å²) in [5, 5.41) is 2.84. The topological polar surface area (TPSA) is 62.6 Å². The van der Waals surface area contributed by atoms with Gasteiger partial charge in [-0.25, -0.2) is 14.4 Å². The molecule has 1 amide bonds. The molecule has 1 aliphatic heterocycles. The Labute approximate surface area is 140 Å². The molecule has 0 aliphatic carbocycles. The lowest BCUT2D eigenvalue weighted by Crippen LogP contribution is -3.19. The van der Waals surface area contributed by atoms with Crippen molar-refractivity contribution < 1.29 is 14.1 Å². The van der Waals surface area contributed by atoms with E-state index in [1.165, 1.54) is 17.0 Å². The van der Waals surface area contributed by atoms with E-state index in [4.69, 9.17) is 0 Å². The van der Waals surface area contributed by atoms with Crippen LogP contribution in [0, 0.1) is 5.82 Å². The van der Waals surface area contributed by atoms with Gasteiger partial charge in [0.2, 0.25) is 5.95 Å². The van der Waals surface area contributed by atoms with Gasteiger partial charge in [0.25, 0.3) is 5.91 Å². The molecule has 0 saturated carbocycles. The van der Waals surface area contributed by atoms with Crippen LogP contribution in [-0.2, 0) is 4.79 Å². The van der Waals surface area contributed by atoms with Crippen molar-refractivity contribution in [3.63, 3.8) is 0 Å². The second-order valence-electron chi connectivity index (χ2n) is 5.91. The number of nitrogens with one attached hydrogen (secondary N) is 2. The Morgan fingerprint density at radius 3 is 2.46 bits per heavy atom. The summed E-state index contributed by atoms with van der Waals surface area (Å²) < 4.78 is 12.9. The summed E-state index contributed by atoms with van der Waals surface area (Å²) in [7, 11) is 0. The summed E-state index contributed by atoms with van der Waals surface area (Å²) in [6.45, 7) is 5.23. The molecule has 1 aliphatic rings. The van der Waals surface area contributed by atoms with Crippen molar-refractivity contribution in [2.75, 3.05) is 36.4 Å². The summed E-state index contributed by atoms with van der Waals surface area (Å²) >= 11 is 0. The highest BCUT2D eigenvalue weighted by Gasteiger charge is 2.29. The molecular weight excluding hydrogens is 309 g/mol. The van der Waals surface area contributed by atoms with E-state index in [0.29, 0.717) is 5.69 Å². The molecule has 2 aromatic rings. The van der Waals surface area contributed by atoms with Gasteiger partial charge in [-0.05, 0) is 37.3 Å². The molecule has 0 radical (unpaired) electrons. The first kappa shape index (κ1) is 16.3. The van der Waals surface area contributed by atoms with Gasteiger partial charge in [-0.2, -0.15) is 0 Å². The Bertz CT molecular complexity index is 671. The van der Waals surface area contributed by atoms with Crippen LogP contribution in [0.25, 0.3) is 0 Å². The van der Waals surface area contributed by atoms with Crippen LogP contribution in [0.5, 0.6) is 0 Å². The largest absolute Gasteiger partial charge is 0.330 e. The quantitative estimate of drug-likeness (QED) is 0.849. The number of aromatic nitrogens is 2. The van der Waals surface area contributed by atoms with E-state index in [1.807, 2.05) is 6.92 Å². The number of amides is 1. The zero-order chi connectivity index (χ0) is 16.9. The smallest absolute Gasteiger partial charge is 0.282 e. The Hall–Kier alpha value is -2.54. The number of rotatable bonds is 4. The van der Waals surface area contributed by atoms with E-state index in [1.54, 1.807) is 30.6 Å². The minimum Gasteiger partial charge on any atom is -0.330 e. The van der Waals surface area contributed by atoms with Gasteiger partial charge in [0.05, 0.1) is 26.2 Å². The molecule has 1 atom stereocenters. The minimum absolute atomic E-state index is 0.0546. The van der Waals surface area contributed by atoms with E-state index >= 15 is 0 Å². The van der Waals surface area contributed by atoms with E-state index in [9.17, 15) is 9.18 Å². The van der Waals surface area contributed by atoms with Crippen LogP contribution < -0.4 is 15.1 Å². The molecule has 1 aromatic heterocycles. The number of carbonyl (C=O) groups excluding carboxylic acids is 1. The third-order valence-corrected chi connectivity index (χ3v) is 4.36. The second-order valence-corrected chi connectivity index (χ2v) is 5.91. The lowest BCUT2D eigenvalue weighted by Gasteiger charge is -2.34. The van der Waals surface area contributed by atoms with Crippen molar-refractivity contribution >= 4 is 17.5 Å². The maximum Gasteiger partial charge on any atom is 0.282 e. The number of benzene rings is 1. The maximum absolute atomic E-state index is 12.9. The SMILES string of the molecule is C[C@H](C(=O)Nc1ccc(F)cc1)[NH+]1CCN(c2ncccn2)CC1. The molecule has 0 spiro atoms. The average Bonchev–Trinajstić information content (AvgIpc) is 2.64. The molecule has 6 nitrogen and oxygen atoms in total. The van der Waals surface area contributed by atoms with Crippen LogP contribution in [0.15, 0.2) is 42.7 Å². The lowest BCUT2D eigenvalue weighted by molar-refractivity contribution is -0.914. The molecule has 0 unspecified atom stereocenters. The first-order valence-corrected chi connectivity index (χ1v) is 8.06. The van der Waals surface area contributed by atoms with Gasteiger partial charge in [-0.3, -0.25) is 4.79 Å². The molecular formula is C17H21FN5O+. The Kier molecular flexibility index (Phi) is 5.00. The number of nitrogens with zero attached hydrogens (tertiary/aromatic N) is 3. The summed E-state index contributed by atoms with van der Waals surface area (Å²) in [5.41, 5.74) is 0.615. The fourth-order valence-corrected chi connectivity index (χ4v) is 2.85. The predicted molar refractivity (Wildman–Crippen MR) is 89.4 cm³/mol. The van der Waals surface area contributed by atoms with E-state index in [-0.39, 0.29) is 17.8 Å². The zero-order valence-electron chi connectivity index (χ0n) is 13.6. The Morgan fingerprint density at radius 2 is 1.83 bits per heavy atom. The van der Waals surface area contributed by atoms with Crippen LogP contribution in [-0.4, -0.2) is 48.1 Å². The highest BCUT2D eigenvalue weighted by atomic mass is 19.1. The summed E-state index contributed by atoms with van der Waals surface area (Å²) in [4.78, 5) is 24.3. The van der Waals surface area contributed by atoms with Crippen molar-refractivity contribution in [1.29, 1.82) is 0 Å². The fraction of sp³-hybridized carbons (Fsp3) is 0.353. The molecule has 0 bridgehead atoms. The monoisotopic (exact) mass is 330 g/mol. The van der Waals surface area contributed by atoms with Gasteiger partial charge >= 0.3 is 0 Å². The summed E-state index contributed by atoms with van der Waals surface area (Å²) in [6, 6.07) is 7.44. The molecule has 2 heterocycles. The highest BCUT2D eigenvalue weighted by molar-refractivity contribution is 5.93. The van der Waals surface area contributed by atoms with Gasteiger partial charge in [0.15, 0.2) is 6.04 Å². The van der Waals surface area contributed by atoms with E-state index < -0.39 is 0 Å². The van der Waals surface area contributed by atoms with Crippen LogP contribution in [0.3, 0.4) is 0 Å². The zero-order valence-corrected chi connectivity index (χ0v) is 13.6. The maximum atomic E-state index is 12.9. The van der Waals surface area contributed by atoms with Crippen molar-refractivity contribution in [3.05, 3.63) is 48.5 Å². The van der Waals surface area contributed by atoms with Gasteiger partial charge in [-0.15, -0.1) is 0 Å². The van der Waals surface area contributed by atoms with Gasteiger partial charge in [-0.1, -0.05) is 0 Å². The summed E-state index contributed by atoms with van der Waals surface area (Å²) in [6.07, 6.45) is 3.47. The van der Waals surface area contributed by atoms with Gasteiger partial charge in [0, 0.05) is 18.1 Å². The second kappa shape index (κ2) is 7.35. The normalized spacial score (nSPS) is 16.7. The third kappa shape index (κ3) is 3.86. The first-order chi connectivity index (χ1) is 11.6. The standard InChI is InChI=1S/C17H20FN5O/c1-13(16(24)21-15-5-3-14(18)4-6-15)22-9-11-23(12-10-22)17-19-7-2-8-20-17/h2-8,13H,9-12H2,1H3,(H,21,24)/p+1/t13-/m1/s1. The van der Waals surface area contributed by atoms with Crippen LogP contribution >= 0.6 is 0 Å². The molecule has 7 heteroatoms. The van der Waals surface area contributed by atoms with Gasteiger partial charge in [0.1, 0.15) is 5.82 Å². The van der Waals surface area contributed by atoms with E-state index in [0.717, 1.165) is 32.1 Å². The predicted octanol–water partition coefficient (Wildman–Crippen LogP) is 0.348. The first-order valence-electron chi connectivity index (χ1n) is 8.06. The number of piperazine rings is 1. The average molecular weight is 330 g/mol. The number of quaternary nitrogens is 1. The Balaban J connectivity index is 1.53. The minimum atomic E-state index is -0.314. The molecule has 3 rings (SSSR count). The molecule has 24 heavy (non-hydrogen) atoms. The lowest BCUT2D eigenvalue weighted by atomic mass is 10.2. The fourth-order valence-electron chi connectivity index (χ4n) is 2.85. The van der Waals surface area contributed by atoms with Crippen LogP contribution in [0.1, 0.15) is 6.92 Å². The number of carbonyl (C=O) groups is 1. The number of anilines is 2. The molecule has 1 fully saturated rings. The number of hydrogen-bond acceptors (Lipinski definition) is 4. The summed E-state index contributed by atoms with van der Waals surface area (Å²) in [5.74, 6) is 0.368. The third-order valence-electron chi connectivity index (χ3n) is 4.36.